The molecular weight excluding hydrogens is 356 g/mol. The molecule has 1 aliphatic heterocycles. The van der Waals surface area contributed by atoms with Crippen molar-refractivity contribution < 1.29 is 32.3 Å². The molecule has 3 rings (SSSR count). The molecule has 5 nitrogen and oxygen atoms in total. The van der Waals surface area contributed by atoms with Crippen LogP contribution in [0.1, 0.15) is 24.3 Å². The van der Waals surface area contributed by atoms with E-state index in [1.165, 1.54) is 6.07 Å². The maximum Gasteiger partial charge on any atom is 0.394 e. The first-order chi connectivity index (χ1) is 12.2. The molecule has 1 saturated carbocycles. The molecule has 0 bridgehead atoms. The Balaban J connectivity index is 1.55. The topological polar surface area (TPSA) is 69.6 Å². The Bertz CT molecular complexity index is 703. The summed E-state index contributed by atoms with van der Waals surface area (Å²) >= 11 is 0. The molecule has 0 aromatic heterocycles. The predicted molar refractivity (Wildman–Crippen MR) is 82.9 cm³/mol. The number of carboxylic acid groups (broad SMARTS) is 1. The van der Waals surface area contributed by atoms with Gasteiger partial charge >= 0.3 is 18.2 Å². The molecule has 0 unspecified atom stereocenters. The molecule has 9 heteroatoms. The summed E-state index contributed by atoms with van der Waals surface area (Å²) in [5.74, 6) is -5.66. The number of carboxylic acids is 1. The molecule has 1 heterocycles. The van der Waals surface area contributed by atoms with Gasteiger partial charge in [0.05, 0.1) is 11.8 Å². The van der Waals surface area contributed by atoms with Gasteiger partial charge in [-0.2, -0.15) is 13.2 Å². The van der Waals surface area contributed by atoms with E-state index < -0.39 is 43.1 Å². The average molecular weight is 374 g/mol. The molecule has 0 radical (unpaired) electrons. The first kappa shape index (κ1) is 18.5. The summed E-state index contributed by atoms with van der Waals surface area (Å²) in [4.78, 5) is 24.1. The molecule has 2 fully saturated rings. The molecular formula is C17H18F4N2O3. The molecule has 1 aliphatic carbocycles. The van der Waals surface area contributed by atoms with Gasteiger partial charge < -0.3 is 15.3 Å². The van der Waals surface area contributed by atoms with Crippen molar-refractivity contribution in [1.29, 1.82) is 0 Å². The number of nitrogens with one attached hydrogen (secondary N) is 1. The number of hydrogen-bond acceptors (Lipinski definition) is 2. The smallest absolute Gasteiger partial charge is 0.394 e. The zero-order chi connectivity index (χ0) is 19.1. The van der Waals surface area contributed by atoms with Crippen molar-refractivity contribution in [2.75, 3.05) is 13.1 Å². The Kier molecular flexibility index (Phi) is 4.81. The number of carbonyl (C=O) groups is 2. The van der Waals surface area contributed by atoms with Crippen LogP contribution < -0.4 is 5.32 Å². The lowest BCUT2D eigenvalue weighted by Crippen LogP contribution is -2.49. The standard InChI is InChI=1S/C17H18F4N2O3/c18-14-4-2-1-3-11(14)9-5-10(6-9)22-16(26)23-7-12(15(24)25)13(8-23)17(19,20)21/h1-4,9-10,12-13H,5-8H2,(H,22,26)(H,24,25)/t9?,10?,12-,13-/m1/s1. The zero-order valence-corrected chi connectivity index (χ0v) is 13.7. The van der Waals surface area contributed by atoms with E-state index in [4.69, 9.17) is 5.11 Å². The zero-order valence-electron chi connectivity index (χ0n) is 13.7. The molecule has 1 saturated heterocycles. The maximum absolute atomic E-state index is 13.7. The summed E-state index contributed by atoms with van der Waals surface area (Å²) in [6.45, 7) is -1.15. The summed E-state index contributed by atoms with van der Waals surface area (Å²) in [6, 6.07) is 5.36. The van der Waals surface area contributed by atoms with Crippen molar-refractivity contribution in [3.8, 4) is 0 Å². The first-order valence-corrected chi connectivity index (χ1v) is 8.26. The Morgan fingerprint density at radius 2 is 1.81 bits per heavy atom. The Hall–Kier alpha value is -2.32. The lowest BCUT2D eigenvalue weighted by molar-refractivity contribution is -0.187. The monoisotopic (exact) mass is 374 g/mol. The fourth-order valence-corrected chi connectivity index (χ4v) is 3.61. The fraction of sp³-hybridized carbons (Fsp3) is 0.529. The largest absolute Gasteiger partial charge is 0.481 e. The van der Waals surface area contributed by atoms with E-state index in [0.717, 1.165) is 4.90 Å². The van der Waals surface area contributed by atoms with Crippen molar-refractivity contribution in [2.24, 2.45) is 11.8 Å². The molecule has 1 aromatic carbocycles. The van der Waals surface area contributed by atoms with Crippen LogP contribution in [0.25, 0.3) is 0 Å². The van der Waals surface area contributed by atoms with Gasteiger partial charge in [0.1, 0.15) is 5.82 Å². The highest BCUT2D eigenvalue weighted by Gasteiger charge is 2.53. The molecule has 26 heavy (non-hydrogen) atoms. The minimum absolute atomic E-state index is 0.0465. The summed E-state index contributed by atoms with van der Waals surface area (Å²) in [7, 11) is 0. The van der Waals surface area contributed by atoms with Gasteiger partial charge in [-0.05, 0) is 30.4 Å². The molecule has 2 aliphatic rings. The second-order valence-corrected chi connectivity index (χ2v) is 6.83. The number of rotatable bonds is 3. The van der Waals surface area contributed by atoms with Crippen LogP contribution in [0.15, 0.2) is 24.3 Å². The van der Waals surface area contributed by atoms with Gasteiger partial charge in [-0.3, -0.25) is 4.79 Å². The van der Waals surface area contributed by atoms with Crippen LogP contribution in [-0.2, 0) is 4.79 Å². The number of amides is 2. The fourth-order valence-electron chi connectivity index (χ4n) is 3.61. The Morgan fingerprint density at radius 1 is 1.15 bits per heavy atom. The summed E-state index contributed by atoms with van der Waals surface area (Å²) < 4.78 is 52.6. The maximum atomic E-state index is 13.7. The van der Waals surface area contributed by atoms with E-state index in [2.05, 4.69) is 5.32 Å². The van der Waals surface area contributed by atoms with Gasteiger partial charge in [0.15, 0.2) is 0 Å². The van der Waals surface area contributed by atoms with E-state index in [1.807, 2.05) is 0 Å². The number of hydrogen-bond donors (Lipinski definition) is 2. The lowest BCUT2D eigenvalue weighted by Gasteiger charge is -2.37. The molecule has 2 amide bonds. The molecule has 2 N–H and O–H groups in total. The van der Waals surface area contributed by atoms with E-state index in [9.17, 15) is 27.2 Å². The van der Waals surface area contributed by atoms with Gasteiger partial charge in [-0.15, -0.1) is 0 Å². The third kappa shape index (κ3) is 3.61. The van der Waals surface area contributed by atoms with E-state index in [0.29, 0.717) is 18.4 Å². The van der Waals surface area contributed by atoms with Crippen molar-refractivity contribution in [2.45, 2.75) is 31.0 Å². The van der Waals surface area contributed by atoms with Gasteiger partial charge in [-0.1, -0.05) is 18.2 Å². The minimum atomic E-state index is -4.68. The van der Waals surface area contributed by atoms with Crippen LogP contribution in [0.4, 0.5) is 22.4 Å². The van der Waals surface area contributed by atoms with E-state index in [-0.39, 0.29) is 17.8 Å². The van der Waals surface area contributed by atoms with Crippen LogP contribution in [-0.4, -0.2) is 47.3 Å². The lowest BCUT2D eigenvalue weighted by atomic mass is 9.76. The number of aliphatic carboxylic acids is 1. The van der Waals surface area contributed by atoms with Crippen LogP contribution in [0.3, 0.4) is 0 Å². The van der Waals surface area contributed by atoms with Crippen molar-refractivity contribution in [1.82, 2.24) is 10.2 Å². The summed E-state index contributed by atoms with van der Waals surface area (Å²) in [6.07, 6.45) is -3.69. The third-order valence-electron chi connectivity index (χ3n) is 5.16. The number of benzene rings is 1. The Labute approximate surface area is 147 Å². The highest BCUT2D eigenvalue weighted by Crippen LogP contribution is 2.40. The number of halogens is 4. The molecule has 0 spiro atoms. The molecule has 2 atom stereocenters. The number of alkyl halides is 3. The van der Waals surface area contributed by atoms with E-state index >= 15 is 0 Å². The van der Waals surface area contributed by atoms with Crippen molar-refractivity contribution in [3.05, 3.63) is 35.6 Å². The quantitative estimate of drug-likeness (QED) is 0.800. The van der Waals surface area contributed by atoms with Gasteiger partial charge in [0.25, 0.3) is 0 Å². The SMILES string of the molecule is O=C(O)[C@@H]1CN(C(=O)NC2CC(c3ccccc3F)C2)C[C@H]1C(F)(F)F. The van der Waals surface area contributed by atoms with Crippen LogP contribution in [0.5, 0.6) is 0 Å². The number of likely N-dealkylation sites (tertiary alicyclic amines) is 1. The Morgan fingerprint density at radius 3 is 2.35 bits per heavy atom. The van der Waals surface area contributed by atoms with Crippen LogP contribution in [0, 0.1) is 17.7 Å². The van der Waals surface area contributed by atoms with Crippen molar-refractivity contribution in [3.63, 3.8) is 0 Å². The van der Waals surface area contributed by atoms with Gasteiger partial charge in [-0.25, -0.2) is 9.18 Å². The van der Waals surface area contributed by atoms with Crippen LogP contribution >= 0.6 is 0 Å². The number of carbonyl (C=O) groups excluding carboxylic acids is 1. The van der Waals surface area contributed by atoms with E-state index in [1.54, 1.807) is 18.2 Å². The highest BCUT2D eigenvalue weighted by atomic mass is 19.4. The molecule has 142 valence electrons. The normalized spacial score (nSPS) is 28.5. The van der Waals surface area contributed by atoms with Crippen LogP contribution in [0.2, 0.25) is 0 Å². The third-order valence-corrected chi connectivity index (χ3v) is 5.16. The number of urea groups is 1. The summed E-state index contributed by atoms with van der Waals surface area (Å²) in [5, 5.41) is 11.6. The van der Waals surface area contributed by atoms with Crippen molar-refractivity contribution >= 4 is 12.0 Å². The molecule has 1 aromatic rings. The highest BCUT2D eigenvalue weighted by molar-refractivity contribution is 5.78. The van der Waals surface area contributed by atoms with Gasteiger partial charge in [0, 0.05) is 19.1 Å². The average Bonchev–Trinajstić information content (AvgIpc) is 2.97. The predicted octanol–water partition coefficient (Wildman–Crippen LogP) is 2.98. The minimum Gasteiger partial charge on any atom is -0.481 e. The summed E-state index contributed by atoms with van der Waals surface area (Å²) in [5.41, 5.74) is 0.558. The number of nitrogens with zero attached hydrogens (tertiary/aromatic N) is 1. The first-order valence-electron chi connectivity index (χ1n) is 8.26. The second-order valence-electron chi connectivity index (χ2n) is 6.83. The second kappa shape index (κ2) is 6.77. The van der Waals surface area contributed by atoms with Gasteiger partial charge in [0.2, 0.25) is 0 Å².